The van der Waals surface area contributed by atoms with Gasteiger partial charge in [-0.05, 0) is 29.8 Å². The molecule has 0 unspecified atom stereocenters. The van der Waals surface area contributed by atoms with E-state index in [4.69, 9.17) is 0 Å². The Morgan fingerprint density at radius 1 is 1.13 bits per heavy atom. The molecule has 1 fully saturated rings. The fourth-order valence-electron chi connectivity index (χ4n) is 3.12. The molecule has 2 aromatic carbocycles. The van der Waals surface area contributed by atoms with Crippen LogP contribution in [0.25, 0.3) is 0 Å². The van der Waals surface area contributed by atoms with Crippen molar-refractivity contribution < 1.29 is 17.9 Å². The first kappa shape index (κ1) is 15.7. The van der Waals surface area contributed by atoms with Gasteiger partial charge in [-0.1, -0.05) is 30.3 Å². The number of sulfone groups is 1. The molecule has 1 N–H and O–H groups in total. The van der Waals surface area contributed by atoms with Gasteiger partial charge in [-0.25, -0.2) is 12.8 Å². The molecular formula is C17H14FNO3S. The topological polar surface area (TPSA) is 78.2 Å². The smallest absolute Gasteiger partial charge is 0.183 e. The van der Waals surface area contributed by atoms with Crippen LogP contribution in [0.3, 0.4) is 0 Å². The van der Waals surface area contributed by atoms with Gasteiger partial charge in [0.25, 0.3) is 0 Å². The van der Waals surface area contributed by atoms with Crippen molar-refractivity contribution in [2.45, 2.75) is 16.1 Å². The van der Waals surface area contributed by atoms with Gasteiger partial charge in [0, 0.05) is 5.92 Å². The SMILES string of the molecule is N#C[C@]1(CO)[C@H](c2ccc(F)cc2)[C@H]1S(=O)(=O)c1ccccc1. The molecule has 3 atom stereocenters. The van der Waals surface area contributed by atoms with E-state index in [9.17, 15) is 23.2 Å². The van der Waals surface area contributed by atoms with E-state index in [1.807, 2.05) is 6.07 Å². The van der Waals surface area contributed by atoms with Crippen LogP contribution in [0.5, 0.6) is 0 Å². The van der Waals surface area contributed by atoms with Gasteiger partial charge in [0.2, 0.25) is 0 Å². The molecule has 0 saturated heterocycles. The second kappa shape index (κ2) is 5.44. The molecular weight excluding hydrogens is 317 g/mol. The summed E-state index contributed by atoms with van der Waals surface area (Å²) >= 11 is 0. The van der Waals surface area contributed by atoms with E-state index >= 15 is 0 Å². The van der Waals surface area contributed by atoms with Crippen LogP contribution in [0, 0.1) is 22.6 Å². The Bertz CT molecular complexity index is 859. The van der Waals surface area contributed by atoms with Gasteiger partial charge in [-0.3, -0.25) is 0 Å². The molecule has 0 aromatic heterocycles. The van der Waals surface area contributed by atoms with E-state index in [1.165, 1.54) is 36.4 Å². The molecule has 118 valence electrons. The maximum absolute atomic E-state index is 13.1. The lowest BCUT2D eigenvalue weighted by atomic mass is 10.0. The number of halogens is 1. The lowest BCUT2D eigenvalue weighted by Crippen LogP contribution is -2.18. The van der Waals surface area contributed by atoms with Gasteiger partial charge in [-0.15, -0.1) is 0 Å². The van der Waals surface area contributed by atoms with Crippen LogP contribution in [0.2, 0.25) is 0 Å². The molecule has 0 aliphatic heterocycles. The molecule has 0 bridgehead atoms. The molecule has 1 saturated carbocycles. The van der Waals surface area contributed by atoms with E-state index in [-0.39, 0.29) is 4.90 Å². The molecule has 3 rings (SSSR count). The summed E-state index contributed by atoms with van der Waals surface area (Å²) in [5.74, 6) is -1.12. The molecule has 1 aliphatic carbocycles. The number of nitrogens with zero attached hydrogens (tertiary/aromatic N) is 1. The van der Waals surface area contributed by atoms with Crippen molar-refractivity contribution in [2.75, 3.05) is 6.61 Å². The molecule has 0 radical (unpaired) electrons. The number of aliphatic hydroxyl groups excluding tert-OH is 1. The standard InChI is InChI=1S/C17H14FNO3S/c18-13-8-6-12(7-9-13)15-16(17(15,10-19)11-20)23(21,22)14-4-2-1-3-5-14/h1-9,15-16,20H,11H2/t15-,16-,17+/m1/s1. The number of nitriles is 1. The number of rotatable bonds is 4. The molecule has 1 aliphatic rings. The van der Waals surface area contributed by atoms with Crippen molar-refractivity contribution in [1.82, 2.24) is 0 Å². The summed E-state index contributed by atoms with van der Waals surface area (Å²) in [4.78, 5) is 0.114. The van der Waals surface area contributed by atoms with Crippen LogP contribution in [0.15, 0.2) is 59.5 Å². The zero-order chi connectivity index (χ0) is 16.7. The van der Waals surface area contributed by atoms with E-state index < -0.39 is 38.8 Å². The van der Waals surface area contributed by atoms with Crippen molar-refractivity contribution >= 4 is 9.84 Å². The molecule has 6 heteroatoms. The maximum atomic E-state index is 13.1. The molecule has 0 spiro atoms. The Hall–Kier alpha value is -2.23. The van der Waals surface area contributed by atoms with Crippen molar-refractivity contribution in [2.24, 2.45) is 5.41 Å². The largest absolute Gasteiger partial charge is 0.395 e. The third-order valence-electron chi connectivity index (χ3n) is 4.36. The van der Waals surface area contributed by atoms with Gasteiger partial charge >= 0.3 is 0 Å². The number of hydrogen-bond donors (Lipinski definition) is 1. The minimum atomic E-state index is -3.78. The van der Waals surface area contributed by atoms with Gasteiger partial charge in [0.1, 0.15) is 11.2 Å². The Morgan fingerprint density at radius 2 is 1.74 bits per heavy atom. The third-order valence-corrected chi connectivity index (χ3v) is 6.65. The third kappa shape index (κ3) is 2.33. The minimum absolute atomic E-state index is 0.114. The normalized spacial score (nSPS) is 26.5. The highest BCUT2D eigenvalue weighted by Crippen LogP contribution is 2.63. The highest BCUT2D eigenvalue weighted by Gasteiger charge is 2.72. The van der Waals surface area contributed by atoms with Crippen LogP contribution >= 0.6 is 0 Å². The lowest BCUT2D eigenvalue weighted by Gasteiger charge is -2.05. The molecule has 23 heavy (non-hydrogen) atoms. The quantitative estimate of drug-likeness (QED) is 0.932. The zero-order valence-corrected chi connectivity index (χ0v) is 12.9. The number of hydrogen-bond acceptors (Lipinski definition) is 4. The molecule has 4 nitrogen and oxygen atoms in total. The van der Waals surface area contributed by atoms with E-state index in [1.54, 1.807) is 18.2 Å². The van der Waals surface area contributed by atoms with Crippen LogP contribution < -0.4 is 0 Å². The first-order valence-electron chi connectivity index (χ1n) is 7.04. The fourth-order valence-corrected chi connectivity index (χ4v) is 5.45. The second-order valence-electron chi connectivity index (χ2n) is 5.62. The first-order valence-corrected chi connectivity index (χ1v) is 8.58. The fraction of sp³-hybridized carbons (Fsp3) is 0.235. The van der Waals surface area contributed by atoms with Crippen molar-refractivity contribution in [3.63, 3.8) is 0 Å². The monoisotopic (exact) mass is 331 g/mol. The van der Waals surface area contributed by atoms with E-state index in [0.29, 0.717) is 5.56 Å². The van der Waals surface area contributed by atoms with Crippen molar-refractivity contribution in [3.8, 4) is 6.07 Å². The Labute approximate surface area is 133 Å². The van der Waals surface area contributed by atoms with Crippen LogP contribution in [-0.4, -0.2) is 25.4 Å². The lowest BCUT2D eigenvalue weighted by molar-refractivity contribution is 0.242. The summed E-state index contributed by atoms with van der Waals surface area (Å²) in [5, 5.41) is 18.1. The van der Waals surface area contributed by atoms with Gasteiger partial charge in [0.15, 0.2) is 9.84 Å². The van der Waals surface area contributed by atoms with Crippen molar-refractivity contribution in [1.29, 1.82) is 5.26 Å². The van der Waals surface area contributed by atoms with Gasteiger partial charge in [0.05, 0.1) is 22.8 Å². The molecule has 2 aromatic rings. The molecule has 0 heterocycles. The Kier molecular flexibility index (Phi) is 3.71. The maximum Gasteiger partial charge on any atom is 0.183 e. The van der Waals surface area contributed by atoms with E-state index in [2.05, 4.69) is 0 Å². The summed E-state index contributed by atoms with van der Waals surface area (Å²) in [6.07, 6.45) is 0. The summed E-state index contributed by atoms with van der Waals surface area (Å²) in [5.41, 5.74) is -0.863. The summed E-state index contributed by atoms with van der Waals surface area (Å²) in [6, 6.07) is 15.2. The predicted octanol–water partition coefficient (Wildman–Crippen LogP) is 2.27. The highest BCUT2D eigenvalue weighted by molar-refractivity contribution is 7.92. The minimum Gasteiger partial charge on any atom is -0.395 e. The van der Waals surface area contributed by atoms with Crippen LogP contribution in [-0.2, 0) is 9.84 Å². The average molecular weight is 331 g/mol. The summed E-state index contributed by atoms with van der Waals surface area (Å²) < 4.78 is 38.8. The van der Waals surface area contributed by atoms with Gasteiger partial charge < -0.3 is 5.11 Å². The Balaban J connectivity index is 2.07. The van der Waals surface area contributed by atoms with Crippen LogP contribution in [0.4, 0.5) is 4.39 Å². The predicted molar refractivity (Wildman–Crippen MR) is 81.7 cm³/mol. The Morgan fingerprint density at radius 3 is 2.26 bits per heavy atom. The molecule has 0 amide bonds. The first-order chi connectivity index (χ1) is 11.0. The zero-order valence-electron chi connectivity index (χ0n) is 12.1. The summed E-state index contributed by atoms with van der Waals surface area (Å²) in [6.45, 7) is -0.567. The summed E-state index contributed by atoms with van der Waals surface area (Å²) in [7, 11) is -3.78. The second-order valence-corrected chi connectivity index (χ2v) is 7.69. The van der Waals surface area contributed by atoms with Crippen molar-refractivity contribution in [3.05, 3.63) is 66.0 Å². The highest BCUT2D eigenvalue weighted by atomic mass is 32.2. The van der Waals surface area contributed by atoms with Gasteiger partial charge in [-0.2, -0.15) is 5.26 Å². The van der Waals surface area contributed by atoms with Crippen LogP contribution in [0.1, 0.15) is 11.5 Å². The number of benzene rings is 2. The van der Waals surface area contributed by atoms with E-state index in [0.717, 1.165) is 0 Å². The average Bonchev–Trinajstić information content (AvgIpc) is 3.27. The number of aliphatic hydroxyl groups is 1.